The van der Waals surface area contributed by atoms with Crippen molar-refractivity contribution < 1.29 is 14.0 Å². The third-order valence-electron chi connectivity index (χ3n) is 1.99. The maximum absolute atomic E-state index is 13.2. The van der Waals surface area contributed by atoms with Gasteiger partial charge in [0.1, 0.15) is 11.6 Å². The largest absolute Gasteiger partial charge is 0.299 e. The average molecular weight is 229 g/mol. The predicted octanol–water partition coefficient (Wildman–Crippen LogP) is 3.03. The Hall–Kier alpha value is -1.22. The van der Waals surface area contributed by atoms with E-state index in [2.05, 4.69) is 0 Å². The Morgan fingerprint density at radius 3 is 2.60 bits per heavy atom. The van der Waals surface area contributed by atoms with Gasteiger partial charge in [0.2, 0.25) is 0 Å². The minimum Gasteiger partial charge on any atom is -0.299 e. The van der Waals surface area contributed by atoms with Crippen LogP contribution in [0.25, 0.3) is 0 Å². The number of Topliss-reactive ketones (excluding diaryl/α,β-unsaturated/α-hetero) is 2. The second-order valence-corrected chi connectivity index (χ2v) is 3.50. The summed E-state index contributed by atoms with van der Waals surface area (Å²) in [6.07, 6.45) is -0.0328. The molecule has 0 fully saturated rings. The van der Waals surface area contributed by atoms with Gasteiger partial charge >= 0.3 is 0 Å². The molecule has 80 valence electrons. The monoisotopic (exact) mass is 228 g/mol. The van der Waals surface area contributed by atoms with Gasteiger partial charge in [-0.1, -0.05) is 24.6 Å². The molecule has 0 N–H and O–H groups in total. The minimum absolute atomic E-state index is 0.0453. The van der Waals surface area contributed by atoms with Crippen molar-refractivity contribution in [2.24, 2.45) is 0 Å². The molecule has 1 rings (SSSR count). The second-order valence-electron chi connectivity index (χ2n) is 3.09. The second kappa shape index (κ2) is 5.03. The molecule has 0 bridgehead atoms. The maximum atomic E-state index is 13.2. The number of carbonyl (C=O) groups is 2. The predicted molar refractivity (Wildman–Crippen MR) is 55.7 cm³/mol. The van der Waals surface area contributed by atoms with Gasteiger partial charge in [-0.25, -0.2) is 4.39 Å². The van der Waals surface area contributed by atoms with Gasteiger partial charge < -0.3 is 0 Å². The van der Waals surface area contributed by atoms with Gasteiger partial charge in [0.25, 0.3) is 0 Å². The highest BCUT2D eigenvalue weighted by Crippen LogP contribution is 2.20. The highest BCUT2D eigenvalue weighted by molar-refractivity contribution is 6.34. The fourth-order valence-electron chi connectivity index (χ4n) is 1.16. The molecule has 2 nitrogen and oxygen atoms in total. The lowest BCUT2D eigenvalue weighted by Crippen LogP contribution is -2.09. The van der Waals surface area contributed by atoms with E-state index in [1.807, 2.05) is 0 Å². The maximum Gasteiger partial charge on any atom is 0.174 e. The van der Waals surface area contributed by atoms with Crippen LogP contribution in [0.1, 0.15) is 30.1 Å². The Morgan fingerprint density at radius 2 is 2.07 bits per heavy atom. The van der Waals surface area contributed by atoms with E-state index in [0.29, 0.717) is 0 Å². The SMILES string of the molecule is CCC(=O)CC(=O)c1c(F)cccc1Cl. The third kappa shape index (κ3) is 2.86. The lowest BCUT2D eigenvalue weighted by atomic mass is 10.0. The van der Waals surface area contributed by atoms with Crippen molar-refractivity contribution in [3.63, 3.8) is 0 Å². The Kier molecular flexibility index (Phi) is 3.97. The number of halogens is 2. The first-order chi connectivity index (χ1) is 7.06. The lowest BCUT2D eigenvalue weighted by Gasteiger charge is -2.03. The summed E-state index contributed by atoms with van der Waals surface area (Å²) in [5, 5.41) is 0.0453. The molecule has 0 saturated heterocycles. The van der Waals surface area contributed by atoms with Crippen molar-refractivity contribution >= 4 is 23.2 Å². The molecule has 0 aliphatic carbocycles. The van der Waals surface area contributed by atoms with Crippen molar-refractivity contribution in [2.45, 2.75) is 19.8 Å². The Balaban J connectivity index is 2.96. The zero-order chi connectivity index (χ0) is 11.4. The van der Waals surface area contributed by atoms with Gasteiger partial charge in [0.15, 0.2) is 5.78 Å². The number of carbonyl (C=O) groups excluding carboxylic acids is 2. The van der Waals surface area contributed by atoms with E-state index in [9.17, 15) is 14.0 Å². The summed E-state index contributed by atoms with van der Waals surface area (Å²) in [6, 6.07) is 3.99. The van der Waals surface area contributed by atoms with Crippen LogP contribution >= 0.6 is 11.6 Å². The number of rotatable bonds is 4. The zero-order valence-corrected chi connectivity index (χ0v) is 8.97. The number of benzene rings is 1. The molecule has 4 heteroatoms. The van der Waals surface area contributed by atoms with E-state index >= 15 is 0 Å². The Morgan fingerprint density at radius 1 is 1.40 bits per heavy atom. The summed E-state index contributed by atoms with van der Waals surface area (Å²) in [6.45, 7) is 1.65. The average Bonchev–Trinajstić information content (AvgIpc) is 2.17. The Labute approximate surface area is 92.0 Å². The number of ketones is 2. The molecule has 0 amide bonds. The fraction of sp³-hybridized carbons (Fsp3) is 0.273. The molecule has 15 heavy (non-hydrogen) atoms. The number of hydrogen-bond acceptors (Lipinski definition) is 2. The fourth-order valence-corrected chi connectivity index (χ4v) is 1.43. The molecular formula is C11H10ClFO2. The quantitative estimate of drug-likeness (QED) is 0.586. The normalized spacial score (nSPS) is 10.1. The van der Waals surface area contributed by atoms with Crippen molar-refractivity contribution in [3.8, 4) is 0 Å². The highest BCUT2D eigenvalue weighted by atomic mass is 35.5. The summed E-state index contributed by atoms with van der Waals surface area (Å²) < 4.78 is 13.2. The molecule has 1 aromatic rings. The van der Waals surface area contributed by atoms with E-state index in [4.69, 9.17) is 11.6 Å². The first-order valence-corrected chi connectivity index (χ1v) is 4.93. The lowest BCUT2D eigenvalue weighted by molar-refractivity contribution is -0.117. The summed E-state index contributed by atoms with van der Waals surface area (Å²) >= 11 is 5.68. The molecule has 0 aliphatic rings. The minimum atomic E-state index is -0.684. The van der Waals surface area contributed by atoms with Crippen molar-refractivity contribution in [3.05, 3.63) is 34.6 Å². The van der Waals surface area contributed by atoms with Gasteiger partial charge in [0, 0.05) is 6.42 Å². The number of hydrogen-bond donors (Lipinski definition) is 0. The van der Waals surface area contributed by atoms with Gasteiger partial charge in [-0.3, -0.25) is 9.59 Å². The van der Waals surface area contributed by atoms with Crippen LogP contribution in [0.4, 0.5) is 4.39 Å². The van der Waals surface area contributed by atoms with Gasteiger partial charge in [-0.15, -0.1) is 0 Å². The first-order valence-electron chi connectivity index (χ1n) is 4.55. The first kappa shape index (κ1) is 11.9. The summed E-state index contributed by atoms with van der Waals surface area (Å²) in [5.41, 5.74) is -0.194. The van der Waals surface area contributed by atoms with E-state index in [1.54, 1.807) is 6.92 Å². The van der Waals surface area contributed by atoms with Crippen LogP contribution in [0.5, 0.6) is 0 Å². The standard InChI is InChI=1S/C11H10ClFO2/c1-2-7(14)6-10(15)11-8(12)4-3-5-9(11)13/h3-5H,2,6H2,1H3. The molecule has 0 aromatic heterocycles. The van der Waals surface area contributed by atoms with E-state index in [-0.39, 0.29) is 29.2 Å². The van der Waals surface area contributed by atoms with Crippen LogP contribution < -0.4 is 0 Å². The molecular weight excluding hydrogens is 219 g/mol. The van der Waals surface area contributed by atoms with Crippen molar-refractivity contribution in [2.75, 3.05) is 0 Å². The zero-order valence-electron chi connectivity index (χ0n) is 8.22. The molecule has 0 saturated carbocycles. The molecule has 0 unspecified atom stereocenters. The molecule has 0 aliphatic heterocycles. The van der Waals surface area contributed by atoms with Gasteiger partial charge in [-0.05, 0) is 12.1 Å². The van der Waals surface area contributed by atoms with Crippen molar-refractivity contribution in [1.82, 2.24) is 0 Å². The van der Waals surface area contributed by atoms with E-state index in [0.717, 1.165) is 6.07 Å². The van der Waals surface area contributed by atoms with Crippen LogP contribution in [0.2, 0.25) is 5.02 Å². The van der Waals surface area contributed by atoms with E-state index in [1.165, 1.54) is 12.1 Å². The molecule has 0 spiro atoms. The van der Waals surface area contributed by atoms with Crippen LogP contribution in [-0.2, 0) is 4.79 Å². The van der Waals surface area contributed by atoms with Crippen molar-refractivity contribution in [1.29, 1.82) is 0 Å². The topological polar surface area (TPSA) is 34.1 Å². The molecule has 1 aromatic carbocycles. The van der Waals surface area contributed by atoms with Crippen LogP contribution in [-0.4, -0.2) is 11.6 Å². The Bertz CT molecular complexity index is 381. The summed E-state index contributed by atoms with van der Waals surface area (Å²) in [5.74, 6) is -1.47. The molecule has 0 atom stereocenters. The van der Waals surface area contributed by atoms with Crippen LogP contribution in [0.15, 0.2) is 18.2 Å². The van der Waals surface area contributed by atoms with Crippen LogP contribution in [0.3, 0.4) is 0 Å². The third-order valence-corrected chi connectivity index (χ3v) is 2.31. The summed E-state index contributed by atoms with van der Waals surface area (Å²) in [4.78, 5) is 22.5. The smallest absolute Gasteiger partial charge is 0.174 e. The van der Waals surface area contributed by atoms with Gasteiger partial charge in [-0.2, -0.15) is 0 Å². The van der Waals surface area contributed by atoms with Gasteiger partial charge in [0.05, 0.1) is 17.0 Å². The summed E-state index contributed by atoms with van der Waals surface area (Å²) in [7, 11) is 0. The van der Waals surface area contributed by atoms with E-state index < -0.39 is 11.6 Å². The molecule has 0 heterocycles. The highest BCUT2D eigenvalue weighted by Gasteiger charge is 2.17. The van der Waals surface area contributed by atoms with Crippen LogP contribution in [0, 0.1) is 5.82 Å². The molecule has 0 radical (unpaired) electrons.